The zero-order chi connectivity index (χ0) is 8.53. The molecule has 0 saturated heterocycles. The Kier molecular flexibility index (Phi) is 7.05. The zero-order valence-corrected chi connectivity index (χ0v) is 6.99. The molecule has 0 spiro atoms. The number of aliphatic hydroxyl groups excluding tert-OH is 1. The number of aliphatic hydroxyl groups is 1. The molecule has 0 amide bonds. The molecule has 0 heterocycles. The molecule has 0 aromatic rings. The second kappa shape index (κ2) is 7.48. The Morgan fingerprint density at radius 3 is 2.73 bits per heavy atom. The van der Waals surface area contributed by atoms with E-state index in [4.69, 9.17) is 5.11 Å². The third kappa shape index (κ3) is 9.37. The van der Waals surface area contributed by atoms with Crippen LogP contribution in [0, 0.1) is 0 Å². The summed E-state index contributed by atoms with van der Waals surface area (Å²) in [6.07, 6.45) is 7.84. The van der Waals surface area contributed by atoms with Gasteiger partial charge in [0.05, 0.1) is 6.10 Å². The molecule has 2 nitrogen and oxygen atoms in total. The van der Waals surface area contributed by atoms with Crippen molar-refractivity contribution in [3.63, 3.8) is 0 Å². The lowest BCUT2D eigenvalue weighted by Gasteiger charge is -2.00. The predicted octanol–water partition coefficient (Wildman–Crippen LogP) is 1.68. The van der Waals surface area contributed by atoms with Crippen LogP contribution in [0.2, 0.25) is 0 Å². The van der Waals surface area contributed by atoms with Gasteiger partial charge >= 0.3 is 0 Å². The maximum absolute atomic E-state index is 9.82. The molecule has 0 fully saturated rings. The summed E-state index contributed by atoms with van der Waals surface area (Å²) < 4.78 is 0. The fraction of sp³-hybridized carbons (Fsp3) is 0.667. The van der Waals surface area contributed by atoms with Crippen molar-refractivity contribution in [2.24, 2.45) is 0 Å². The Morgan fingerprint density at radius 2 is 2.18 bits per heavy atom. The number of rotatable bonds is 6. The summed E-state index contributed by atoms with van der Waals surface area (Å²) in [7, 11) is 0. The standard InChI is InChI=1S/C9H16O2/c1-9(11)7-5-3-2-4-6-8-10/h4,6,8-9,11H,2-3,5,7H2,1H3. The minimum atomic E-state index is -0.190. The van der Waals surface area contributed by atoms with E-state index in [0.29, 0.717) is 0 Å². The van der Waals surface area contributed by atoms with Crippen molar-refractivity contribution in [2.45, 2.75) is 38.7 Å². The highest BCUT2D eigenvalue weighted by Gasteiger charge is 1.93. The van der Waals surface area contributed by atoms with Crippen LogP contribution in [0.5, 0.6) is 0 Å². The van der Waals surface area contributed by atoms with Crippen LogP contribution in [-0.2, 0) is 4.79 Å². The van der Waals surface area contributed by atoms with Crippen molar-refractivity contribution in [3.05, 3.63) is 12.2 Å². The Labute approximate surface area is 67.9 Å². The molecule has 0 radical (unpaired) electrons. The van der Waals surface area contributed by atoms with Gasteiger partial charge in [-0.2, -0.15) is 0 Å². The first-order valence-electron chi connectivity index (χ1n) is 4.05. The lowest BCUT2D eigenvalue weighted by Crippen LogP contribution is -1.97. The molecule has 0 aromatic heterocycles. The summed E-state index contributed by atoms with van der Waals surface area (Å²) >= 11 is 0. The topological polar surface area (TPSA) is 37.3 Å². The molecule has 64 valence electrons. The number of aldehydes is 1. The monoisotopic (exact) mass is 156 g/mol. The minimum absolute atomic E-state index is 0.190. The number of hydrogen-bond acceptors (Lipinski definition) is 2. The van der Waals surface area contributed by atoms with Crippen molar-refractivity contribution in [1.82, 2.24) is 0 Å². The summed E-state index contributed by atoms with van der Waals surface area (Å²) in [5.41, 5.74) is 0. The highest BCUT2D eigenvalue weighted by molar-refractivity contribution is 5.64. The number of unbranched alkanes of at least 4 members (excludes halogenated alkanes) is 2. The van der Waals surface area contributed by atoms with Gasteiger partial charge in [-0.3, -0.25) is 4.79 Å². The summed E-state index contributed by atoms with van der Waals surface area (Å²) in [4.78, 5) is 9.82. The predicted molar refractivity (Wildman–Crippen MR) is 45.4 cm³/mol. The van der Waals surface area contributed by atoms with Gasteiger partial charge in [0.1, 0.15) is 6.29 Å². The van der Waals surface area contributed by atoms with Crippen LogP contribution in [0.3, 0.4) is 0 Å². The largest absolute Gasteiger partial charge is 0.393 e. The average Bonchev–Trinajstić information content (AvgIpc) is 1.96. The zero-order valence-electron chi connectivity index (χ0n) is 6.99. The molecule has 2 heteroatoms. The minimum Gasteiger partial charge on any atom is -0.393 e. The molecule has 0 saturated carbocycles. The van der Waals surface area contributed by atoms with E-state index < -0.39 is 0 Å². The van der Waals surface area contributed by atoms with Crippen molar-refractivity contribution in [2.75, 3.05) is 0 Å². The van der Waals surface area contributed by atoms with Gasteiger partial charge in [-0.15, -0.1) is 0 Å². The van der Waals surface area contributed by atoms with Crippen LogP contribution in [0.4, 0.5) is 0 Å². The van der Waals surface area contributed by atoms with Gasteiger partial charge in [0.15, 0.2) is 0 Å². The van der Waals surface area contributed by atoms with Crippen molar-refractivity contribution < 1.29 is 9.90 Å². The van der Waals surface area contributed by atoms with Gasteiger partial charge in [-0.1, -0.05) is 12.5 Å². The van der Waals surface area contributed by atoms with E-state index in [1.54, 1.807) is 6.92 Å². The molecule has 11 heavy (non-hydrogen) atoms. The maximum atomic E-state index is 9.82. The fourth-order valence-electron chi connectivity index (χ4n) is 0.854. The first-order chi connectivity index (χ1) is 5.27. The van der Waals surface area contributed by atoms with Crippen LogP contribution in [0.15, 0.2) is 12.2 Å². The van der Waals surface area contributed by atoms with E-state index in [-0.39, 0.29) is 6.10 Å². The number of allylic oxidation sites excluding steroid dienone is 2. The van der Waals surface area contributed by atoms with E-state index in [9.17, 15) is 4.79 Å². The molecule has 0 aliphatic rings. The summed E-state index contributed by atoms with van der Waals surface area (Å²) in [6.45, 7) is 1.79. The van der Waals surface area contributed by atoms with Crippen LogP contribution in [0.25, 0.3) is 0 Å². The molecular formula is C9H16O2. The van der Waals surface area contributed by atoms with Crippen molar-refractivity contribution in [1.29, 1.82) is 0 Å². The summed E-state index contributed by atoms with van der Waals surface area (Å²) in [5, 5.41) is 8.88. The van der Waals surface area contributed by atoms with Gasteiger partial charge in [-0.05, 0) is 32.3 Å². The Hall–Kier alpha value is -0.630. The van der Waals surface area contributed by atoms with E-state index >= 15 is 0 Å². The highest BCUT2D eigenvalue weighted by atomic mass is 16.3. The van der Waals surface area contributed by atoms with E-state index in [2.05, 4.69) is 0 Å². The fourth-order valence-corrected chi connectivity index (χ4v) is 0.854. The normalized spacial score (nSPS) is 13.6. The third-order valence-electron chi connectivity index (χ3n) is 1.46. The Balaban J connectivity index is 3.02. The average molecular weight is 156 g/mol. The first-order valence-corrected chi connectivity index (χ1v) is 4.05. The smallest absolute Gasteiger partial charge is 0.142 e. The maximum Gasteiger partial charge on any atom is 0.142 e. The Bertz CT molecular complexity index is 117. The number of carbonyl (C=O) groups is 1. The first kappa shape index (κ1) is 10.4. The van der Waals surface area contributed by atoms with E-state index in [1.807, 2.05) is 6.08 Å². The Morgan fingerprint density at radius 1 is 1.45 bits per heavy atom. The lowest BCUT2D eigenvalue weighted by molar-refractivity contribution is -0.104. The molecule has 1 N–H and O–H groups in total. The molecular weight excluding hydrogens is 140 g/mol. The van der Waals surface area contributed by atoms with E-state index in [1.165, 1.54) is 6.08 Å². The molecule has 0 aliphatic heterocycles. The molecule has 0 rings (SSSR count). The van der Waals surface area contributed by atoms with Crippen LogP contribution in [0.1, 0.15) is 32.6 Å². The molecule has 0 aromatic carbocycles. The van der Waals surface area contributed by atoms with Gasteiger partial charge in [0.25, 0.3) is 0 Å². The lowest BCUT2D eigenvalue weighted by atomic mass is 10.1. The molecule has 1 unspecified atom stereocenters. The molecule has 1 atom stereocenters. The quantitative estimate of drug-likeness (QED) is 0.361. The second-order valence-corrected chi connectivity index (χ2v) is 2.70. The summed E-state index contributed by atoms with van der Waals surface area (Å²) in [5.74, 6) is 0. The van der Waals surface area contributed by atoms with Gasteiger partial charge in [-0.25, -0.2) is 0 Å². The van der Waals surface area contributed by atoms with Crippen molar-refractivity contribution in [3.8, 4) is 0 Å². The van der Waals surface area contributed by atoms with Gasteiger partial charge < -0.3 is 5.11 Å². The van der Waals surface area contributed by atoms with E-state index in [0.717, 1.165) is 32.0 Å². The second-order valence-electron chi connectivity index (χ2n) is 2.70. The van der Waals surface area contributed by atoms with Crippen LogP contribution >= 0.6 is 0 Å². The summed E-state index contributed by atoms with van der Waals surface area (Å²) in [6, 6.07) is 0. The molecule has 0 aliphatic carbocycles. The highest BCUT2D eigenvalue weighted by Crippen LogP contribution is 2.03. The number of carbonyl (C=O) groups excluding carboxylic acids is 1. The van der Waals surface area contributed by atoms with Crippen LogP contribution in [-0.4, -0.2) is 17.5 Å². The van der Waals surface area contributed by atoms with Gasteiger partial charge in [0, 0.05) is 0 Å². The third-order valence-corrected chi connectivity index (χ3v) is 1.46. The SMILES string of the molecule is CC(O)CCCCC=CC=O. The van der Waals surface area contributed by atoms with Crippen molar-refractivity contribution >= 4 is 6.29 Å². The number of hydrogen-bond donors (Lipinski definition) is 1. The molecule has 0 bridgehead atoms. The van der Waals surface area contributed by atoms with Gasteiger partial charge in [0.2, 0.25) is 0 Å². The van der Waals surface area contributed by atoms with Crippen LogP contribution < -0.4 is 0 Å².